The Morgan fingerprint density at radius 1 is 1.35 bits per heavy atom. The molecule has 1 N–H and O–H groups in total. The zero-order valence-electron chi connectivity index (χ0n) is 12.3. The summed E-state index contributed by atoms with van der Waals surface area (Å²) in [5.41, 5.74) is 1.40. The van der Waals surface area contributed by atoms with Gasteiger partial charge in [-0.2, -0.15) is 0 Å². The van der Waals surface area contributed by atoms with Crippen LogP contribution in [-0.4, -0.2) is 12.6 Å². The number of halogens is 2. The lowest BCUT2D eigenvalue weighted by Crippen LogP contribution is -2.38. The molecular weight excluding hydrogens is 273 g/mol. The van der Waals surface area contributed by atoms with Gasteiger partial charge in [0.25, 0.3) is 0 Å². The molecule has 2 atom stereocenters. The Hall–Kier alpha value is -0.600. The van der Waals surface area contributed by atoms with Crippen molar-refractivity contribution in [3.63, 3.8) is 0 Å². The van der Waals surface area contributed by atoms with Crippen molar-refractivity contribution in [2.75, 3.05) is 6.54 Å². The Kier molecular flexibility index (Phi) is 3.81. The Balaban J connectivity index is 1.74. The van der Waals surface area contributed by atoms with Crippen molar-refractivity contribution in [2.45, 2.75) is 45.6 Å². The summed E-state index contributed by atoms with van der Waals surface area (Å²) in [5.74, 6) is 1.57. The first-order valence-corrected chi connectivity index (χ1v) is 8.02. The van der Waals surface area contributed by atoms with E-state index in [0.29, 0.717) is 11.5 Å². The van der Waals surface area contributed by atoms with Gasteiger partial charge in [0.15, 0.2) is 0 Å². The van der Waals surface area contributed by atoms with Crippen molar-refractivity contribution >= 4 is 11.6 Å². The van der Waals surface area contributed by atoms with Crippen LogP contribution in [0.5, 0.6) is 0 Å². The minimum Gasteiger partial charge on any atom is -0.314 e. The SMILES string of the molecule is CC(C)NCC1(Cc2ccc(Cl)c(F)c2)CC2CC2C1. The summed E-state index contributed by atoms with van der Waals surface area (Å²) < 4.78 is 13.6. The van der Waals surface area contributed by atoms with Crippen LogP contribution in [0.15, 0.2) is 18.2 Å². The predicted octanol–water partition coefficient (Wildman–Crippen LogP) is 4.44. The van der Waals surface area contributed by atoms with E-state index in [0.717, 1.165) is 30.4 Å². The van der Waals surface area contributed by atoms with Crippen LogP contribution in [-0.2, 0) is 6.42 Å². The van der Waals surface area contributed by atoms with Crippen LogP contribution < -0.4 is 5.32 Å². The van der Waals surface area contributed by atoms with Crippen molar-refractivity contribution < 1.29 is 4.39 Å². The molecule has 2 saturated carbocycles. The van der Waals surface area contributed by atoms with E-state index >= 15 is 0 Å². The Morgan fingerprint density at radius 3 is 2.65 bits per heavy atom. The second-order valence-corrected chi connectivity index (χ2v) is 7.53. The lowest BCUT2D eigenvalue weighted by Gasteiger charge is -2.32. The molecule has 1 aromatic rings. The van der Waals surface area contributed by atoms with E-state index in [-0.39, 0.29) is 10.8 Å². The third-order valence-corrected chi connectivity index (χ3v) is 5.21. The molecule has 0 bridgehead atoms. The van der Waals surface area contributed by atoms with Crippen LogP contribution in [0.2, 0.25) is 5.02 Å². The molecule has 3 heteroatoms. The summed E-state index contributed by atoms with van der Waals surface area (Å²) in [7, 11) is 0. The van der Waals surface area contributed by atoms with Crippen LogP contribution in [0, 0.1) is 23.1 Å². The normalized spacial score (nSPS) is 31.6. The second-order valence-electron chi connectivity index (χ2n) is 7.12. The van der Waals surface area contributed by atoms with Crippen molar-refractivity contribution in [1.29, 1.82) is 0 Å². The summed E-state index contributed by atoms with van der Waals surface area (Å²) in [6.45, 7) is 5.42. The molecule has 0 aromatic heterocycles. The standard InChI is InChI=1S/C17H23ClFN/c1-11(2)20-10-17(8-13-6-14(13)9-17)7-12-3-4-15(18)16(19)5-12/h3-5,11,13-14,20H,6-10H2,1-2H3. The lowest BCUT2D eigenvalue weighted by molar-refractivity contribution is 0.241. The maximum atomic E-state index is 13.6. The summed E-state index contributed by atoms with van der Waals surface area (Å²) in [6, 6.07) is 5.78. The Bertz CT molecular complexity index is 490. The molecule has 110 valence electrons. The number of nitrogens with one attached hydrogen (secondary N) is 1. The Labute approximate surface area is 125 Å². The van der Waals surface area contributed by atoms with E-state index in [2.05, 4.69) is 19.2 Å². The molecule has 0 aliphatic heterocycles. The molecule has 0 saturated heterocycles. The molecule has 2 aliphatic rings. The molecule has 0 spiro atoms. The monoisotopic (exact) mass is 295 g/mol. The first-order valence-electron chi connectivity index (χ1n) is 7.65. The fraction of sp³-hybridized carbons (Fsp3) is 0.647. The smallest absolute Gasteiger partial charge is 0.142 e. The molecule has 0 radical (unpaired) electrons. The van der Waals surface area contributed by atoms with Gasteiger partial charge in [-0.15, -0.1) is 0 Å². The average molecular weight is 296 g/mol. The molecule has 2 aliphatic carbocycles. The van der Waals surface area contributed by atoms with Crippen molar-refractivity contribution in [1.82, 2.24) is 5.32 Å². The van der Waals surface area contributed by atoms with Crippen LogP contribution >= 0.6 is 11.6 Å². The van der Waals surface area contributed by atoms with Gasteiger partial charge in [0, 0.05) is 12.6 Å². The maximum absolute atomic E-state index is 13.6. The predicted molar refractivity (Wildman–Crippen MR) is 81.5 cm³/mol. The molecule has 0 amide bonds. The second kappa shape index (κ2) is 5.31. The third kappa shape index (κ3) is 3.01. The van der Waals surface area contributed by atoms with E-state index in [1.807, 2.05) is 6.07 Å². The van der Waals surface area contributed by atoms with Crippen molar-refractivity contribution in [3.05, 3.63) is 34.6 Å². The lowest BCUT2D eigenvalue weighted by atomic mass is 9.77. The topological polar surface area (TPSA) is 12.0 Å². The van der Waals surface area contributed by atoms with Gasteiger partial charge in [-0.3, -0.25) is 0 Å². The van der Waals surface area contributed by atoms with E-state index in [1.165, 1.54) is 19.3 Å². The highest BCUT2D eigenvalue weighted by Gasteiger charge is 2.53. The van der Waals surface area contributed by atoms with Crippen LogP contribution in [0.25, 0.3) is 0 Å². The third-order valence-electron chi connectivity index (χ3n) is 4.91. The summed E-state index contributed by atoms with van der Waals surface area (Å²) >= 11 is 5.78. The summed E-state index contributed by atoms with van der Waals surface area (Å²) in [6.07, 6.45) is 4.97. The largest absolute Gasteiger partial charge is 0.314 e. The first kappa shape index (κ1) is 14.3. The number of hydrogen-bond acceptors (Lipinski definition) is 1. The number of rotatable bonds is 5. The van der Waals surface area contributed by atoms with E-state index in [1.54, 1.807) is 12.1 Å². The molecule has 1 aromatic carbocycles. The van der Waals surface area contributed by atoms with Gasteiger partial charge < -0.3 is 5.32 Å². The Morgan fingerprint density at radius 2 is 2.05 bits per heavy atom. The minimum atomic E-state index is -0.292. The zero-order chi connectivity index (χ0) is 14.3. The van der Waals surface area contributed by atoms with Gasteiger partial charge >= 0.3 is 0 Å². The zero-order valence-corrected chi connectivity index (χ0v) is 13.0. The highest BCUT2D eigenvalue weighted by molar-refractivity contribution is 6.30. The fourth-order valence-electron chi connectivity index (χ4n) is 3.86. The average Bonchev–Trinajstić information content (AvgIpc) is 3.00. The van der Waals surface area contributed by atoms with Gasteiger partial charge in [0.05, 0.1) is 5.02 Å². The number of fused-ring (bicyclic) bond motifs is 1. The maximum Gasteiger partial charge on any atom is 0.142 e. The molecular formula is C17H23ClFN. The molecule has 3 rings (SSSR count). The number of hydrogen-bond donors (Lipinski definition) is 1. The molecule has 2 unspecified atom stereocenters. The van der Waals surface area contributed by atoms with E-state index in [9.17, 15) is 4.39 Å². The molecule has 2 fully saturated rings. The molecule has 0 heterocycles. The van der Waals surface area contributed by atoms with E-state index < -0.39 is 0 Å². The van der Waals surface area contributed by atoms with Crippen LogP contribution in [0.3, 0.4) is 0 Å². The molecule has 1 nitrogen and oxygen atoms in total. The van der Waals surface area contributed by atoms with E-state index in [4.69, 9.17) is 11.6 Å². The van der Waals surface area contributed by atoms with Gasteiger partial charge in [-0.1, -0.05) is 31.5 Å². The van der Waals surface area contributed by atoms with Crippen molar-refractivity contribution in [2.24, 2.45) is 17.3 Å². The van der Waals surface area contributed by atoms with Crippen LogP contribution in [0.4, 0.5) is 4.39 Å². The van der Waals surface area contributed by atoms with Gasteiger partial charge in [-0.05, 0) is 60.6 Å². The van der Waals surface area contributed by atoms with Gasteiger partial charge in [0.1, 0.15) is 5.82 Å². The number of benzene rings is 1. The summed E-state index contributed by atoms with van der Waals surface area (Å²) in [4.78, 5) is 0. The van der Waals surface area contributed by atoms with Gasteiger partial charge in [0.2, 0.25) is 0 Å². The fourth-order valence-corrected chi connectivity index (χ4v) is 3.98. The first-order chi connectivity index (χ1) is 9.47. The summed E-state index contributed by atoms with van der Waals surface area (Å²) in [5, 5.41) is 3.82. The van der Waals surface area contributed by atoms with Crippen LogP contribution in [0.1, 0.15) is 38.7 Å². The minimum absolute atomic E-state index is 0.220. The highest BCUT2D eigenvalue weighted by Crippen LogP contribution is 2.60. The highest BCUT2D eigenvalue weighted by atomic mass is 35.5. The quantitative estimate of drug-likeness (QED) is 0.847. The van der Waals surface area contributed by atoms with Gasteiger partial charge in [-0.25, -0.2) is 4.39 Å². The van der Waals surface area contributed by atoms with Crippen molar-refractivity contribution in [3.8, 4) is 0 Å². The molecule has 20 heavy (non-hydrogen) atoms.